The van der Waals surface area contributed by atoms with E-state index in [1.165, 1.54) is 0 Å². The minimum atomic E-state index is 0.131. The normalized spacial score (nSPS) is 38.8. The SMILES string of the molecule is BrC1c2nonc2C(Br)C(Br)C1Br. The van der Waals surface area contributed by atoms with Crippen molar-refractivity contribution in [1.29, 1.82) is 0 Å². The van der Waals surface area contributed by atoms with Crippen molar-refractivity contribution in [2.45, 2.75) is 19.3 Å². The highest BCUT2D eigenvalue weighted by Crippen LogP contribution is 2.49. The Morgan fingerprint density at radius 2 is 1.23 bits per heavy atom. The van der Waals surface area contributed by atoms with Gasteiger partial charge in [-0.1, -0.05) is 74.0 Å². The molecule has 1 heterocycles. The lowest BCUT2D eigenvalue weighted by molar-refractivity contribution is 0.301. The van der Waals surface area contributed by atoms with Gasteiger partial charge in [-0.05, 0) is 0 Å². The van der Waals surface area contributed by atoms with Crippen LogP contribution >= 0.6 is 63.7 Å². The number of alkyl halides is 4. The fourth-order valence-electron chi connectivity index (χ4n) is 1.21. The van der Waals surface area contributed by atoms with Gasteiger partial charge in [0.05, 0.1) is 9.65 Å². The van der Waals surface area contributed by atoms with Gasteiger partial charge in [-0.15, -0.1) is 0 Å². The summed E-state index contributed by atoms with van der Waals surface area (Å²) in [5.41, 5.74) is 1.72. The van der Waals surface area contributed by atoms with E-state index in [-0.39, 0.29) is 19.3 Å². The van der Waals surface area contributed by atoms with Crippen LogP contribution < -0.4 is 0 Å². The van der Waals surface area contributed by atoms with Crippen molar-refractivity contribution < 1.29 is 4.63 Å². The molecule has 1 aliphatic rings. The quantitative estimate of drug-likeness (QED) is 0.581. The Morgan fingerprint density at radius 1 is 0.846 bits per heavy atom. The summed E-state index contributed by atoms with van der Waals surface area (Å²) in [6.07, 6.45) is 0. The number of hydrogen-bond acceptors (Lipinski definition) is 3. The van der Waals surface area contributed by atoms with E-state index in [4.69, 9.17) is 4.63 Å². The van der Waals surface area contributed by atoms with Crippen molar-refractivity contribution in [3.05, 3.63) is 11.4 Å². The van der Waals surface area contributed by atoms with Gasteiger partial charge in [0.25, 0.3) is 0 Å². The van der Waals surface area contributed by atoms with Crippen LogP contribution in [0.5, 0.6) is 0 Å². The monoisotopic (exact) mass is 436 g/mol. The van der Waals surface area contributed by atoms with E-state index in [0.717, 1.165) is 11.4 Å². The van der Waals surface area contributed by atoms with Gasteiger partial charge in [0.15, 0.2) is 0 Å². The molecule has 13 heavy (non-hydrogen) atoms. The Balaban J connectivity index is 2.46. The maximum atomic E-state index is 4.70. The molecule has 1 aromatic heterocycles. The van der Waals surface area contributed by atoms with Crippen LogP contribution in [0.2, 0.25) is 0 Å². The summed E-state index contributed by atoms with van der Waals surface area (Å²) >= 11 is 14.2. The molecule has 3 nitrogen and oxygen atoms in total. The van der Waals surface area contributed by atoms with Crippen molar-refractivity contribution in [3.63, 3.8) is 0 Å². The molecule has 0 N–H and O–H groups in total. The average Bonchev–Trinajstić information content (AvgIpc) is 2.59. The Bertz CT molecular complexity index is 289. The molecule has 7 heteroatoms. The molecular weight excluding hydrogens is 436 g/mol. The third-order valence-corrected chi connectivity index (χ3v) is 8.26. The number of aromatic nitrogens is 2. The second-order valence-corrected chi connectivity index (χ2v) is 6.81. The Labute approximate surface area is 108 Å². The summed E-state index contributed by atoms with van der Waals surface area (Å²) in [6, 6.07) is 0. The molecule has 4 unspecified atom stereocenters. The third-order valence-electron chi connectivity index (χ3n) is 1.93. The fraction of sp³-hybridized carbons (Fsp3) is 0.667. The molecule has 0 amide bonds. The second kappa shape index (κ2) is 3.90. The highest BCUT2D eigenvalue weighted by atomic mass is 79.9. The predicted molar refractivity (Wildman–Crippen MR) is 63.1 cm³/mol. The molecule has 72 valence electrons. The maximum absolute atomic E-state index is 4.70. The number of nitrogens with zero attached hydrogens (tertiary/aromatic N) is 2. The molecule has 0 saturated carbocycles. The van der Waals surface area contributed by atoms with Crippen LogP contribution in [0, 0.1) is 0 Å². The van der Waals surface area contributed by atoms with Crippen molar-refractivity contribution in [2.75, 3.05) is 0 Å². The average molecular weight is 440 g/mol. The zero-order valence-electron chi connectivity index (χ0n) is 6.12. The molecule has 0 aromatic carbocycles. The van der Waals surface area contributed by atoms with E-state index < -0.39 is 0 Å². The van der Waals surface area contributed by atoms with Gasteiger partial charge >= 0.3 is 0 Å². The lowest BCUT2D eigenvalue weighted by Gasteiger charge is -2.29. The Hall–Kier alpha value is 1.06. The summed E-state index contributed by atoms with van der Waals surface area (Å²) in [5.74, 6) is 0. The number of rotatable bonds is 0. The first-order chi connectivity index (χ1) is 6.13. The first-order valence-electron chi connectivity index (χ1n) is 3.51. The van der Waals surface area contributed by atoms with Crippen molar-refractivity contribution in [2.24, 2.45) is 0 Å². The highest BCUT2D eigenvalue weighted by Gasteiger charge is 2.41. The van der Waals surface area contributed by atoms with Gasteiger partial charge in [-0.25, -0.2) is 4.63 Å². The van der Waals surface area contributed by atoms with Crippen molar-refractivity contribution >= 4 is 63.7 Å². The molecule has 0 saturated heterocycles. The summed E-state index contributed by atoms with van der Waals surface area (Å²) in [7, 11) is 0. The zero-order valence-corrected chi connectivity index (χ0v) is 12.5. The Kier molecular flexibility index (Phi) is 3.17. The predicted octanol–water partition coefficient (Wildman–Crippen LogP) is 3.48. The molecule has 1 aromatic rings. The Morgan fingerprint density at radius 3 is 1.62 bits per heavy atom. The third kappa shape index (κ3) is 1.66. The molecule has 0 radical (unpaired) electrons. The lowest BCUT2D eigenvalue weighted by atomic mass is 10.0. The molecule has 0 bridgehead atoms. The first kappa shape index (κ1) is 10.6. The van der Waals surface area contributed by atoms with Gasteiger partial charge < -0.3 is 0 Å². The van der Waals surface area contributed by atoms with E-state index in [9.17, 15) is 0 Å². The molecule has 2 rings (SSSR count). The van der Waals surface area contributed by atoms with Crippen LogP contribution in [0.25, 0.3) is 0 Å². The van der Waals surface area contributed by atoms with Crippen LogP contribution in [0.4, 0.5) is 0 Å². The topological polar surface area (TPSA) is 38.9 Å². The van der Waals surface area contributed by atoms with Crippen LogP contribution in [-0.4, -0.2) is 20.0 Å². The van der Waals surface area contributed by atoms with E-state index in [2.05, 4.69) is 74.0 Å². The van der Waals surface area contributed by atoms with E-state index in [0.29, 0.717) is 0 Å². The van der Waals surface area contributed by atoms with Crippen LogP contribution in [0.1, 0.15) is 21.0 Å². The van der Waals surface area contributed by atoms with E-state index in [1.54, 1.807) is 0 Å². The largest absolute Gasteiger partial charge is 0.244 e. The summed E-state index contributed by atoms with van der Waals surface area (Å²) < 4.78 is 4.70. The van der Waals surface area contributed by atoms with E-state index >= 15 is 0 Å². The van der Waals surface area contributed by atoms with Crippen LogP contribution in [-0.2, 0) is 0 Å². The van der Waals surface area contributed by atoms with Crippen LogP contribution in [0.15, 0.2) is 4.63 Å². The van der Waals surface area contributed by atoms with Gasteiger partial charge in [0.1, 0.15) is 11.4 Å². The minimum absolute atomic E-state index is 0.131. The molecule has 1 aliphatic carbocycles. The smallest absolute Gasteiger partial charge is 0.124 e. The number of fused-ring (bicyclic) bond motifs is 1. The minimum Gasteiger partial charge on any atom is -0.244 e. The molecular formula is C6H4Br4N2O. The molecule has 4 atom stereocenters. The van der Waals surface area contributed by atoms with Gasteiger partial charge in [-0.3, -0.25) is 0 Å². The number of halogens is 4. The molecule has 0 fully saturated rings. The maximum Gasteiger partial charge on any atom is 0.124 e. The second-order valence-electron chi connectivity index (χ2n) is 2.73. The van der Waals surface area contributed by atoms with Crippen molar-refractivity contribution in [1.82, 2.24) is 10.3 Å². The van der Waals surface area contributed by atoms with Crippen molar-refractivity contribution in [3.8, 4) is 0 Å². The van der Waals surface area contributed by atoms with Gasteiger partial charge in [0, 0.05) is 9.65 Å². The number of hydrogen-bond donors (Lipinski definition) is 0. The summed E-state index contributed by atoms with van der Waals surface area (Å²) in [6.45, 7) is 0. The fourth-order valence-corrected chi connectivity index (χ4v) is 4.43. The molecule has 0 spiro atoms. The lowest BCUT2D eigenvalue weighted by Crippen LogP contribution is -2.29. The van der Waals surface area contributed by atoms with Crippen LogP contribution in [0.3, 0.4) is 0 Å². The van der Waals surface area contributed by atoms with Gasteiger partial charge in [-0.2, -0.15) is 0 Å². The zero-order chi connectivity index (χ0) is 9.59. The molecule has 0 aliphatic heterocycles. The first-order valence-corrected chi connectivity index (χ1v) is 7.18. The highest BCUT2D eigenvalue weighted by molar-refractivity contribution is 9.14. The van der Waals surface area contributed by atoms with E-state index in [1.807, 2.05) is 0 Å². The standard InChI is InChI=1S/C6H4Br4N2O/c7-1-2(8)4(10)6-5(3(1)9)11-13-12-6/h1-4H. The summed E-state index contributed by atoms with van der Waals surface area (Å²) in [4.78, 5) is 0.784. The summed E-state index contributed by atoms with van der Waals surface area (Å²) in [5, 5.41) is 7.72. The van der Waals surface area contributed by atoms with Gasteiger partial charge in [0.2, 0.25) is 0 Å².